The van der Waals surface area contributed by atoms with Crippen molar-refractivity contribution < 1.29 is 32.8 Å². The predicted molar refractivity (Wildman–Crippen MR) is 77.3 cm³/mol. The molecular weight excluding hydrogens is 298 g/mol. The molecule has 0 aliphatic carbocycles. The molecule has 2 N–H and O–H groups in total. The van der Waals surface area contributed by atoms with E-state index in [1.165, 1.54) is 0 Å². The van der Waals surface area contributed by atoms with Crippen molar-refractivity contribution in [1.29, 1.82) is 0 Å². The highest BCUT2D eigenvalue weighted by Crippen LogP contribution is 2.17. The van der Waals surface area contributed by atoms with Gasteiger partial charge in [-0.1, -0.05) is 0 Å². The van der Waals surface area contributed by atoms with Crippen LogP contribution in [-0.2, 0) is 32.8 Å². The average molecular weight is 327 g/mol. The van der Waals surface area contributed by atoms with E-state index in [0.717, 1.165) is 0 Å². The van der Waals surface area contributed by atoms with Gasteiger partial charge in [0.1, 0.15) is 0 Å². The Morgan fingerprint density at radius 3 is 1.43 bits per heavy atom. The van der Waals surface area contributed by atoms with Crippen molar-refractivity contribution >= 4 is 9.05 Å². The lowest BCUT2D eigenvalue weighted by Gasteiger charge is -2.26. The minimum atomic E-state index is -3.74. The number of hydrogen-bond acceptors (Lipinski definition) is 8. The molecule has 0 spiro atoms. The zero-order valence-electron chi connectivity index (χ0n) is 13.8. The van der Waals surface area contributed by atoms with Gasteiger partial charge in [-0.15, -0.1) is 0 Å². The van der Waals surface area contributed by atoms with Gasteiger partial charge in [-0.05, 0) is 54.5 Å². The molecule has 0 bridgehead atoms. The third-order valence-electron chi connectivity index (χ3n) is 1.66. The highest BCUT2D eigenvalue weighted by atomic mass is 28.4. The molecule has 0 atom stereocenters. The van der Waals surface area contributed by atoms with Crippen LogP contribution in [-0.4, -0.2) is 40.5 Å². The Morgan fingerprint density at radius 2 is 1.14 bits per heavy atom. The standard InChI is InChI=1S/C12H29NO7Si/c1-10(2)15-18-21(14-9-7-8-13,19-16-11(3)4)20-17-12(5)6/h10-12H,7-9,13H2,1-6H3. The largest absolute Gasteiger partial charge is 0.764 e. The molecule has 0 radical (unpaired) electrons. The van der Waals surface area contributed by atoms with Crippen LogP contribution in [0.4, 0.5) is 0 Å². The molecule has 0 saturated heterocycles. The first-order valence-electron chi connectivity index (χ1n) is 7.18. The van der Waals surface area contributed by atoms with Crippen LogP contribution >= 0.6 is 0 Å². The summed E-state index contributed by atoms with van der Waals surface area (Å²) in [5.74, 6) is 0. The Kier molecular flexibility index (Phi) is 11.4. The molecule has 8 nitrogen and oxygen atoms in total. The van der Waals surface area contributed by atoms with Crippen LogP contribution in [0, 0.1) is 0 Å². The fraction of sp³-hybridized carbons (Fsp3) is 1.00. The van der Waals surface area contributed by atoms with Crippen LogP contribution in [0.2, 0.25) is 0 Å². The van der Waals surface area contributed by atoms with E-state index in [9.17, 15) is 0 Å². The summed E-state index contributed by atoms with van der Waals surface area (Å²) < 4.78 is 21.2. The van der Waals surface area contributed by atoms with Crippen molar-refractivity contribution in [3.05, 3.63) is 0 Å². The lowest BCUT2D eigenvalue weighted by molar-refractivity contribution is -0.406. The second-order valence-corrected chi connectivity index (χ2v) is 6.96. The van der Waals surface area contributed by atoms with Crippen LogP contribution in [0.5, 0.6) is 0 Å². The van der Waals surface area contributed by atoms with Crippen molar-refractivity contribution in [2.24, 2.45) is 5.73 Å². The van der Waals surface area contributed by atoms with E-state index in [1.807, 2.05) is 0 Å². The highest BCUT2D eigenvalue weighted by Gasteiger charge is 2.53. The predicted octanol–water partition coefficient (Wildman–Crippen LogP) is 1.86. The van der Waals surface area contributed by atoms with Crippen molar-refractivity contribution in [3.63, 3.8) is 0 Å². The lowest BCUT2D eigenvalue weighted by atomic mass is 10.5. The minimum Gasteiger partial charge on any atom is -0.347 e. The Balaban J connectivity index is 4.77. The smallest absolute Gasteiger partial charge is 0.347 e. The van der Waals surface area contributed by atoms with Crippen molar-refractivity contribution in [2.45, 2.75) is 66.3 Å². The molecule has 0 heterocycles. The second kappa shape index (κ2) is 11.5. The normalized spacial score (nSPS) is 12.9. The van der Waals surface area contributed by atoms with Crippen molar-refractivity contribution in [1.82, 2.24) is 0 Å². The number of hydrogen-bond donors (Lipinski definition) is 1. The van der Waals surface area contributed by atoms with Crippen LogP contribution in [0.15, 0.2) is 0 Å². The van der Waals surface area contributed by atoms with E-state index in [4.69, 9.17) is 38.6 Å². The highest BCUT2D eigenvalue weighted by molar-refractivity contribution is 6.52. The summed E-state index contributed by atoms with van der Waals surface area (Å²) in [4.78, 5) is 15.3. The van der Waals surface area contributed by atoms with Crippen LogP contribution in [0.25, 0.3) is 0 Å². The van der Waals surface area contributed by atoms with Gasteiger partial charge in [0.25, 0.3) is 0 Å². The van der Waals surface area contributed by atoms with Crippen molar-refractivity contribution in [3.8, 4) is 0 Å². The first-order chi connectivity index (χ1) is 9.81. The Hall–Kier alpha value is -0.103. The van der Waals surface area contributed by atoms with Gasteiger partial charge in [0, 0.05) is 6.61 Å². The summed E-state index contributed by atoms with van der Waals surface area (Å²) >= 11 is 0. The minimum absolute atomic E-state index is 0.208. The van der Waals surface area contributed by atoms with Gasteiger partial charge in [0.05, 0.1) is 18.3 Å². The molecule has 0 aliphatic heterocycles. The second-order valence-electron chi connectivity index (χ2n) is 5.18. The fourth-order valence-electron chi connectivity index (χ4n) is 0.860. The average Bonchev–Trinajstić information content (AvgIpc) is 2.40. The topological polar surface area (TPSA) is 90.6 Å². The third kappa shape index (κ3) is 11.2. The Morgan fingerprint density at radius 1 is 0.762 bits per heavy atom. The monoisotopic (exact) mass is 327 g/mol. The summed E-state index contributed by atoms with van der Waals surface area (Å²) in [5.41, 5.74) is 5.44. The van der Waals surface area contributed by atoms with Gasteiger partial charge < -0.3 is 10.2 Å². The molecule has 0 amide bonds. The van der Waals surface area contributed by atoms with E-state index in [2.05, 4.69) is 0 Å². The maximum Gasteiger partial charge on any atom is 0.764 e. The summed E-state index contributed by atoms with van der Waals surface area (Å²) in [7, 11) is -3.74. The molecule has 0 rings (SSSR count). The molecular formula is C12H29NO7Si. The maximum absolute atomic E-state index is 5.54. The molecule has 0 aliphatic rings. The van der Waals surface area contributed by atoms with Crippen LogP contribution < -0.4 is 5.73 Å². The van der Waals surface area contributed by atoms with Gasteiger partial charge in [-0.25, -0.2) is 14.7 Å². The molecule has 9 heteroatoms. The van der Waals surface area contributed by atoms with Gasteiger partial charge in [-0.3, -0.25) is 0 Å². The first kappa shape index (κ1) is 20.9. The Labute approximate surface area is 128 Å². The summed E-state index contributed by atoms with van der Waals surface area (Å²) in [6, 6.07) is 0. The molecule has 0 saturated carbocycles. The Bertz CT molecular complexity index is 222. The maximum atomic E-state index is 5.54. The van der Waals surface area contributed by atoms with Gasteiger partial charge in [0.15, 0.2) is 0 Å². The van der Waals surface area contributed by atoms with E-state index in [0.29, 0.717) is 13.0 Å². The molecule has 0 fully saturated rings. The van der Waals surface area contributed by atoms with E-state index >= 15 is 0 Å². The molecule has 0 aromatic heterocycles. The molecule has 0 unspecified atom stereocenters. The summed E-state index contributed by atoms with van der Waals surface area (Å²) in [6.45, 7) is 11.5. The van der Waals surface area contributed by atoms with E-state index in [1.54, 1.807) is 41.5 Å². The van der Waals surface area contributed by atoms with Gasteiger partial charge in [0.2, 0.25) is 0 Å². The zero-order valence-corrected chi connectivity index (χ0v) is 14.8. The van der Waals surface area contributed by atoms with Crippen LogP contribution in [0.3, 0.4) is 0 Å². The summed E-state index contributed by atoms with van der Waals surface area (Å²) in [5, 5.41) is 0. The van der Waals surface area contributed by atoms with Crippen molar-refractivity contribution in [2.75, 3.05) is 13.2 Å². The molecule has 128 valence electrons. The number of rotatable bonds is 13. The zero-order chi connectivity index (χ0) is 16.3. The molecule has 0 aromatic carbocycles. The van der Waals surface area contributed by atoms with Crippen LogP contribution in [0.1, 0.15) is 48.0 Å². The third-order valence-corrected chi connectivity index (χ3v) is 3.11. The lowest BCUT2D eigenvalue weighted by Crippen LogP contribution is -2.51. The van der Waals surface area contributed by atoms with E-state index < -0.39 is 9.05 Å². The van der Waals surface area contributed by atoms with Gasteiger partial charge >= 0.3 is 9.05 Å². The quantitative estimate of drug-likeness (QED) is 0.237. The summed E-state index contributed by atoms with van der Waals surface area (Å²) in [6.07, 6.45) is -0.0172. The van der Waals surface area contributed by atoms with Gasteiger partial charge in [-0.2, -0.15) is 13.7 Å². The number of nitrogens with two attached hydrogens (primary N) is 1. The molecule has 0 aromatic rings. The SMILES string of the molecule is CC(C)OO[Si](OCCCN)(OOC(C)C)OOC(C)C. The van der Waals surface area contributed by atoms with E-state index in [-0.39, 0.29) is 24.9 Å². The fourth-order valence-corrected chi connectivity index (χ4v) is 2.41. The molecule has 21 heavy (non-hydrogen) atoms. The first-order valence-corrected chi connectivity index (χ1v) is 8.82.